The molecule has 1 aromatic carbocycles. The number of carbonyl (C=O) groups excluding carboxylic acids is 1. The number of hydrogen-bond donors (Lipinski definition) is 2. The second kappa shape index (κ2) is 8.43. The van der Waals surface area contributed by atoms with Gasteiger partial charge in [0.25, 0.3) is 0 Å². The van der Waals surface area contributed by atoms with Crippen molar-refractivity contribution >= 4 is 5.91 Å². The summed E-state index contributed by atoms with van der Waals surface area (Å²) in [5, 5.41) is 11.7. The number of carbonyl (C=O) groups is 1. The number of benzene rings is 1. The molecule has 5 nitrogen and oxygen atoms in total. The van der Waals surface area contributed by atoms with Gasteiger partial charge in [0.2, 0.25) is 5.91 Å². The lowest BCUT2D eigenvalue weighted by Crippen LogP contribution is -2.29. The Balaban J connectivity index is 2.53. The maximum atomic E-state index is 11.8. The molecule has 0 fully saturated rings. The second-order valence-corrected chi connectivity index (χ2v) is 4.79. The average Bonchev–Trinajstić information content (AvgIpc) is 2.45. The van der Waals surface area contributed by atoms with Crippen molar-refractivity contribution in [2.75, 3.05) is 27.4 Å². The van der Waals surface area contributed by atoms with Crippen LogP contribution in [0.15, 0.2) is 18.2 Å². The van der Waals surface area contributed by atoms with Crippen molar-refractivity contribution in [3.8, 4) is 11.5 Å². The molecule has 1 amide bonds. The zero-order valence-corrected chi connectivity index (χ0v) is 12.3. The monoisotopic (exact) mass is 281 g/mol. The minimum atomic E-state index is -0.0398. The van der Waals surface area contributed by atoms with Crippen LogP contribution < -0.4 is 14.8 Å². The number of nitrogens with one attached hydrogen (secondary N) is 1. The number of rotatable bonds is 8. The third-order valence-electron chi connectivity index (χ3n) is 3.08. The first-order chi connectivity index (χ1) is 9.60. The molecule has 0 bridgehead atoms. The van der Waals surface area contributed by atoms with Crippen LogP contribution in [0.4, 0.5) is 0 Å². The zero-order chi connectivity index (χ0) is 15.0. The fraction of sp³-hybridized carbons (Fsp3) is 0.533. The molecular formula is C15H23NO4. The minimum Gasteiger partial charge on any atom is -0.493 e. The van der Waals surface area contributed by atoms with Gasteiger partial charge in [-0.3, -0.25) is 4.79 Å². The standard InChI is InChI=1S/C15H23NO4/c1-11(6-7-17)10-16-15(18)9-12-4-5-13(19-2)14(8-12)20-3/h4-5,8,11,17H,6-7,9-10H2,1-3H3,(H,16,18). The number of hydrogen-bond acceptors (Lipinski definition) is 4. The number of aliphatic hydroxyl groups excluding tert-OH is 1. The molecule has 0 spiro atoms. The Morgan fingerprint density at radius 2 is 2.00 bits per heavy atom. The lowest BCUT2D eigenvalue weighted by atomic mass is 10.1. The predicted molar refractivity (Wildman–Crippen MR) is 77.1 cm³/mol. The Labute approximate surface area is 119 Å². The molecule has 0 saturated carbocycles. The van der Waals surface area contributed by atoms with E-state index in [9.17, 15) is 4.79 Å². The van der Waals surface area contributed by atoms with Gasteiger partial charge in [-0.25, -0.2) is 0 Å². The Kier molecular flexibility index (Phi) is 6.87. The van der Waals surface area contributed by atoms with Gasteiger partial charge in [-0.2, -0.15) is 0 Å². The van der Waals surface area contributed by atoms with E-state index in [1.54, 1.807) is 26.4 Å². The van der Waals surface area contributed by atoms with Gasteiger partial charge >= 0.3 is 0 Å². The lowest BCUT2D eigenvalue weighted by Gasteiger charge is -2.12. The topological polar surface area (TPSA) is 67.8 Å². The van der Waals surface area contributed by atoms with E-state index >= 15 is 0 Å². The second-order valence-electron chi connectivity index (χ2n) is 4.79. The molecule has 20 heavy (non-hydrogen) atoms. The zero-order valence-electron chi connectivity index (χ0n) is 12.3. The summed E-state index contributed by atoms with van der Waals surface area (Å²) in [7, 11) is 3.14. The Morgan fingerprint density at radius 3 is 2.60 bits per heavy atom. The summed E-state index contributed by atoms with van der Waals surface area (Å²) in [6, 6.07) is 5.43. The normalized spacial score (nSPS) is 11.8. The molecule has 1 atom stereocenters. The van der Waals surface area contributed by atoms with Gasteiger partial charge in [0.1, 0.15) is 0 Å². The third-order valence-corrected chi connectivity index (χ3v) is 3.08. The summed E-state index contributed by atoms with van der Waals surface area (Å²) in [5.41, 5.74) is 0.870. The molecule has 1 rings (SSSR count). The van der Waals surface area contributed by atoms with E-state index in [-0.39, 0.29) is 18.4 Å². The molecule has 0 aliphatic heterocycles. The molecule has 0 aliphatic carbocycles. The molecule has 1 aromatic rings. The highest BCUT2D eigenvalue weighted by Gasteiger charge is 2.09. The van der Waals surface area contributed by atoms with E-state index < -0.39 is 0 Å². The first-order valence-corrected chi connectivity index (χ1v) is 6.69. The first kappa shape index (κ1) is 16.3. The van der Waals surface area contributed by atoms with Crippen molar-refractivity contribution in [2.45, 2.75) is 19.8 Å². The summed E-state index contributed by atoms with van der Waals surface area (Å²) < 4.78 is 10.4. The van der Waals surface area contributed by atoms with Crippen molar-refractivity contribution in [1.82, 2.24) is 5.32 Å². The lowest BCUT2D eigenvalue weighted by molar-refractivity contribution is -0.120. The van der Waals surface area contributed by atoms with E-state index in [2.05, 4.69) is 5.32 Å². The van der Waals surface area contributed by atoms with E-state index in [0.29, 0.717) is 30.9 Å². The quantitative estimate of drug-likeness (QED) is 0.755. The van der Waals surface area contributed by atoms with Crippen molar-refractivity contribution in [1.29, 1.82) is 0 Å². The maximum Gasteiger partial charge on any atom is 0.224 e. The minimum absolute atomic E-state index is 0.0398. The first-order valence-electron chi connectivity index (χ1n) is 6.69. The fourth-order valence-electron chi connectivity index (χ4n) is 1.85. The Hall–Kier alpha value is -1.75. The van der Waals surface area contributed by atoms with Crippen LogP contribution in [0.1, 0.15) is 18.9 Å². The van der Waals surface area contributed by atoms with Gasteiger partial charge in [-0.05, 0) is 30.0 Å². The number of amides is 1. The van der Waals surface area contributed by atoms with Crippen LogP contribution in [0.3, 0.4) is 0 Å². The Morgan fingerprint density at radius 1 is 1.30 bits per heavy atom. The van der Waals surface area contributed by atoms with Crippen LogP contribution in [-0.4, -0.2) is 38.4 Å². The molecule has 5 heteroatoms. The summed E-state index contributed by atoms with van der Waals surface area (Å²) in [6.07, 6.45) is 0.989. The van der Waals surface area contributed by atoms with Gasteiger partial charge in [0, 0.05) is 13.2 Å². The molecule has 2 N–H and O–H groups in total. The molecule has 0 aromatic heterocycles. The van der Waals surface area contributed by atoms with E-state index in [1.165, 1.54) is 0 Å². The summed E-state index contributed by atoms with van der Waals surface area (Å²) in [5.74, 6) is 1.50. The number of methoxy groups -OCH3 is 2. The number of ether oxygens (including phenoxy) is 2. The summed E-state index contributed by atoms with van der Waals surface area (Å²) >= 11 is 0. The van der Waals surface area contributed by atoms with Crippen LogP contribution in [0, 0.1) is 5.92 Å². The van der Waals surface area contributed by atoms with Crippen LogP contribution in [0.5, 0.6) is 11.5 Å². The number of aliphatic hydroxyl groups is 1. The fourth-order valence-corrected chi connectivity index (χ4v) is 1.85. The van der Waals surface area contributed by atoms with Crippen LogP contribution in [0.2, 0.25) is 0 Å². The highest BCUT2D eigenvalue weighted by atomic mass is 16.5. The van der Waals surface area contributed by atoms with E-state index in [4.69, 9.17) is 14.6 Å². The molecule has 112 valence electrons. The average molecular weight is 281 g/mol. The van der Waals surface area contributed by atoms with E-state index in [1.807, 2.05) is 13.0 Å². The highest BCUT2D eigenvalue weighted by Crippen LogP contribution is 2.27. The molecule has 0 saturated heterocycles. The van der Waals surface area contributed by atoms with Gasteiger partial charge in [-0.1, -0.05) is 13.0 Å². The predicted octanol–water partition coefficient (Wildman–Crippen LogP) is 1.38. The largest absolute Gasteiger partial charge is 0.493 e. The molecule has 0 heterocycles. The summed E-state index contributed by atoms with van der Waals surface area (Å²) in [6.45, 7) is 2.71. The Bertz CT molecular complexity index is 434. The van der Waals surface area contributed by atoms with Crippen molar-refractivity contribution in [3.05, 3.63) is 23.8 Å². The highest BCUT2D eigenvalue weighted by molar-refractivity contribution is 5.78. The van der Waals surface area contributed by atoms with Crippen molar-refractivity contribution in [3.63, 3.8) is 0 Å². The maximum absolute atomic E-state index is 11.8. The molecule has 0 aliphatic rings. The van der Waals surface area contributed by atoms with Crippen LogP contribution >= 0.6 is 0 Å². The van der Waals surface area contributed by atoms with Crippen molar-refractivity contribution < 1.29 is 19.4 Å². The molecule has 1 unspecified atom stereocenters. The van der Waals surface area contributed by atoms with E-state index in [0.717, 1.165) is 5.56 Å². The smallest absolute Gasteiger partial charge is 0.224 e. The van der Waals surface area contributed by atoms with Gasteiger partial charge in [0.05, 0.1) is 20.6 Å². The van der Waals surface area contributed by atoms with Gasteiger partial charge in [0.15, 0.2) is 11.5 Å². The van der Waals surface area contributed by atoms with Gasteiger partial charge in [-0.15, -0.1) is 0 Å². The molecule has 0 radical (unpaired) electrons. The third kappa shape index (κ3) is 5.09. The van der Waals surface area contributed by atoms with Gasteiger partial charge < -0.3 is 19.9 Å². The van der Waals surface area contributed by atoms with Crippen molar-refractivity contribution in [2.24, 2.45) is 5.92 Å². The SMILES string of the molecule is COc1ccc(CC(=O)NCC(C)CCO)cc1OC. The summed E-state index contributed by atoms with van der Waals surface area (Å²) in [4.78, 5) is 11.8. The molecular weight excluding hydrogens is 258 g/mol. The van der Waals surface area contributed by atoms with Crippen LogP contribution in [-0.2, 0) is 11.2 Å². The van der Waals surface area contributed by atoms with Crippen LogP contribution in [0.25, 0.3) is 0 Å².